The summed E-state index contributed by atoms with van der Waals surface area (Å²) in [4.78, 5) is 0. The molecule has 0 aliphatic rings. The van der Waals surface area contributed by atoms with E-state index >= 15 is 0 Å². The lowest BCUT2D eigenvalue weighted by atomic mass is 9.92. The molecule has 2 aromatic rings. The van der Waals surface area contributed by atoms with Gasteiger partial charge >= 0.3 is 0 Å². The topological polar surface area (TPSA) is 0 Å². The molecule has 0 aliphatic carbocycles. The van der Waals surface area contributed by atoms with Gasteiger partial charge in [-0.25, -0.2) is 4.39 Å². The van der Waals surface area contributed by atoms with Crippen LogP contribution in [0.5, 0.6) is 0 Å². The maximum absolute atomic E-state index is 13.3. The van der Waals surface area contributed by atoms with E-state index in [0.717, 1.165) is 17.3 Å². The van der Waals surface area contributed by atoms with Crippen LogP contribution in [0.25, 0.3) is 0 Å². The van der Waals surface area contributed by atoms with Crippen molar-refractivity contribution in [3.63, 3.8) is 0 Å². The van der Waals surface area contributed by atoms with Crippen molar-refractivity contribution in [2.24, 2.45) is 0 Å². The number of halogens is 2. The van der Waals surface area contributed by atoms with Gasteiger partial charge in [0, 0.05) is 5.33 Å². The predicted octanol–water partition coefficient (Wildman–Crippen LogP) is 5.67. The van der Waals surface area contributed by atoms with Gasteiger partial charge in [-0.1, -0.05) is 66.2 Å². The van der Waals surface area contributed by atoms with Crippen LogP contribution in [0.3, 0.4) is 0 Å². The van der Waals surface area contributed by atoms with E-state index in [0.29, 0.717) is 11.8 Å². The highest BCUT2D eigenvalue weighted by Crippen LogP contribution is 2.24. The van der Waals surface area contributed by atoms with Gasteiger partial charge in [0.2, 0.25) is 0 Å². The molecule has 2 rings (SSSR count). The van der Waals surface area contributed by atoms with Crippen molar-refractivity contribution in [3.05, 3.63) is 71.0 Å². The molecule has 0 bridgehead atoms. The molecule has 0 saturated carbocycles. The number of benzene rings is 2. The molecule has 20 heavy (non-hydrogen) atoms. The van der Waals surface area contributed by atoms with E-state index in [1.165, 1.54) is 17.2 Å². The third-order valence-electron chi connectivity index (χ3n) is 3.63. The Morgan fingerprint density at radius 1 is 1.00 bits per heavy atom. The average molecular weight is 335 g/mol. The molecule has 0 aliphatic heterocycles. The van der Waals surface area contributed by atoms with Crippen LogP contribution in [0, 0.1) is 5.82 Å². The Balaban J connectivity index is 2.14. The van der Waals surface area contributed by atoms with Crippen LogP contribution < -0.4 is 0 Å². The van der Waals surface area contributed by atoms with E-state index in [9.17, 15) is 4.39 Å². The van der Waals surface area contributed by atoms with Gasteiger partial charge in [0.1, 0.15) is 5.82 Å². The third kappa shape index (κ3) is 3.92. The summed E-state index contributed by atoms with van der Waals surface area (Å²) >= 11 is 3.55. The van der Waals surface area contributed by atoms with Gasteiger partial charge in [0.25, 0.3) is 0 Å². The van der Waals surface area contributed by atoms with E-state index < -0.39 is 0 Å². The fourth-order valence-electron chi connectivity index (χ4n) is 2.35. The highest BCUT2D eigenvalue weighted by Gasteiger charge is 2.12. The van der Waals surface area contributed by atoms with E-state index in [2.05, 4.69) is 54.0 Å². The normalized spacial score (nSPS) is 12.7. The fourth-order valence-corrected chi connectivity index (χ4v) is 2.95. The van der Waals surface area contributed by atoms with Crippen molar-refractivity contribution in [2.75, 3.05) is 5.33 Å². The minimum atomic E-state index is -0.163. The highest BCUT2D eigenvalue weighted by atomic mass is 79.9. The van der Waals surface area contributed by atoms with Crippen molar-refractivity contribution in [1.29, 1.82) is 0 Å². The first-order valence-electron chi connectivity index (χ1n) is 7.00. The van der Waals surface area contributed by atoms with Crippen molar-refractivity contribution in [1.82, 2.24) is 0 Å². The van der Waals surface area contributed by atoms with Crippen LogP contribution in [-0.4, -0.2) is 5.33 Å². The Kier molecular flexibility index (Phi) is 5.36. The van der Waals surface area contributed by atoms with Gasteiger partial charge in [-0.3, -0.25) is 0 Å². The van der Waals surface area contributed by atoms with Crippen LogP contribution in [0.4, 0.5) is 4.39 Å². The first kappa shape index (κ1) is 15.2. The molecular weight excluding hydrogens is 315 g/mol. The highest BCUT2D eigenvalue weighted by molar-refractivity contribution is 9.09. The average Bonchev–Trinajstić information content (AvgIpc) is 2.45. The van der Waals surface area contributed by atoms with E-state index in [4.69, 9.17) is 0 Å². The molecule has 0 N–H and O–H groups in total. The number of alkyl halides is 1. The molecule has 0 fully saturated rings. The Bertz CT molecular complexity index is 546. The molecule has 0 spiro atoms. The molecule has 106 valence electrons. The standard InChI is InChI=1S/C18H20BrF/c1-13(2)15-8-6-14(7-9-15)10-17(12-19)16-4-3-5-18(20)11-16/h3-9,11,13,17H,10,12H2,1-2H3. The smallest absolute Gasteiger partial charge is 0.123 e. The molecule has 0 saturated heterocycles. The molecule has 0 radical (unpaired) electrons. The molecule has 0 nitrogen and oxygen atoms in total. The Morgan fingerprint density at radius 2 is 1.70 bits per heavy atom. The zero-order valence-corrected chi connectivity index (χ0v) is 13.5. The van der Waals surface area contributed by atoms with Gasteiger partial charge in [-0.15, -0.1) is 0 Å². The summed E-state index contributed by atoms with van der Waals surface area (Å²) in [6, 6.07) is 15.7. The van der Waals surface area contributed by atoms with Crippen LogP contribution >= 0.6 is 15.9 Å². The predicted molar refractivity (Wildman–Crippen MR) is 87.2 cm³/mol. The summed E-state index contributed by atoms with van der Waals surface area (Å²) in [5.41, 5.74) is 3.70. The van der Waals surface area contributed by atoms with Crippen LogP contribution in [0.15, 0.2) is 48.5 Å². The molecule has 1 atom stereocenters. The van der Waals surface area contributed by atoms with Crippen molar-refractivity contribution in [3.8, 4) is 0 Å². The van der Waals surface area contributed by atoms with Crippen molar-refractivity contribution in [2.45, 2.75) is 32.1 Å². The lowest BCUT2D eigenvalue weighted by Crippen LogP contribution is -2.05. The second-order valence-corrected chi connectivity index (χ2v) is 6.15. The molecule has 2 heteroatoms. The first-order chi connectivity index (χ1) is 9.60. The lowest BCUT2D eigenvalue weighted by molar-refractivity contribution is 0.621. The van der Waals surface area contributed by atoms with E-state index in [-0.39, 0.29) is 5.82 Å². The van der Waals surface area contributed by atoms with E-state index in [1.807, 2.05) is 6.07 Å². The second kappa shape index (κ2) is 7.03. The Hall–Kier alpha value is -1.15. The summed E-state index contributed by atoms with van der Waals surface area (Å²) in [5, 5.41) is 0.836. The summed E-state index contributed by atoms with van der Waals surface area (Å²) < 4.78 is 13.3. The van der Waals surface area contributed by atoms with Gasteiger partial charge in [-0.05, 0) is 47.1 Å². The summed E-state index contributed by atoms with van der Waals surface area (Å²) in [7, 11) is 0. The third-order valence-corrected chi connectivity index (χ3v) is 4.42. The summed E-state index contributed by atoms with van der Waals surface area (Å²) in [5.74, 6) is 0.693. The maximum atomic E-state index is 13.3. The van der Waals surface area contributed by atoms with Gasteiger partial charge in [0.15, 0.2) is 0 Å². The largest absolute Gasteiger partial charge is 0.207 e. The summed E-state index contributed by atoms with van der Waals surface area (Å²) in [6.07, 6.45) is 0.924. The Labute approximate surface area is 129 Å². The minimum Gasteiger partial charge on any atom is -0.207 e. The lowest BCUT2D eigenvalue weighted by Gasteiger charge is -2.15. The number of hydrogen-bond acceptors (Lipinski definition) is 0. The molecule has 0 aromatic heterocycles. The SMILES string of the molecule is CC(C)c1ccc(CC(CBr)c2cccc(F)c2)cc1. The van der Waals surface area contributed by atoms with Crippen LogP contribution in [-0.2, 0) is 6.42 Å². The van der Waals surface area contributed by atoms with Crippen molar-refractivity contribution >= 4 is 15.9 Å². The van der Waals surface area contributed by atoms with Crippen molar-refractivity contribution < 1.29 is 4.39 Å². The molecule has 0 amide bonds. The minimum absolute atomic E-state index is 0.163. The molecule has 2 aromatic carbocycles. The number of hydrogen-bond donors (Lipinski definition) is 0. The van der Waals surface area contributed by atoms with Gasteiger partial charge < -0.3 is 0 Å². The van der Waals surface area contributed by atoms with Gasteiger partial charge in [0.05, 0.1) is 0 Å². The number of rotatable bonds is 5. The fraction of sp³-hybridized carbons (Fsp3) is 0.333. The second-order valence-electron chi connectivity index (χ2n) is 5.51. The van der Waals surface area contributed by atoms with Crippen LogP contribution in [0.2, 0.25) is 0 Å². The first-order valence-corrected chi connectivity index (χ1v) is 8.12. The molecule has 1 unspecified atom stereocenters. The van der Waals surface area contributed by atoms with Crippen LogP contribution in [0.1, 0.15) is 42.4 Å². The maximum Gasteiger partial charge on any atom is 0.123 e. The molecule has 0 heterocycles. The monoisotopic (exact) mass is 334 g/mol. The van der Waals surface area contributed by atoms with Gasteiger partial charge in [-0.2, -0.15) is 0 Å². The Morgan fingerprint density at radius 3 is 2.25 bits per heavy atom. The zero-order valence-electron chi connectivity index (χ0n) is 11.9. The quantitative estimate of drug-likeness (QED) is 0.618. The van der Waals surface area contributed by atoms with E-state index in [1.54, 1.807) is 12.1 Å². The molecular formula is C18H20BrF. The summed E-state index contributed by atoms with van der Waals surface area (Å²) in [6.45, 7) is 4.39. The zero-order chi connectivity index (χ0) is 14.5.